The maximum absolute atomic E-state index is 12.3. The van der Waals surface area contributed by atoms with Crippen LogP contribution in [0.1, 0.15) is 15.9 Å². The summed E-state index contributed by atoms with van der Waals surface area (Å²) in [5, 5.41) is 6.70. The zero-order valence-corrected chi connectivity index (χ0v) is 15.0. The lowest BCUT2D eigenvalue weighted by Gasteiger charge is -2.10. The van der Waals surface area contributed by atoms with Gasteiger partial charge in [0.1, 0.15) is 11.6 Å². The predicted octanol–water partition coefficient (Wildman–Crippen LogP) is 4.42. The third kappa shape index (κ3) is 4.52. The first-order valence-corrected chi connectivity index (χ1v) is 8.42. The van der Waals surface area contributed by atoms with E-state index in [1.165, 1.54) is 6.20 Å². The number of para-hydroxylation sites is 1. The van der Waals surface area contributed by atoms with Crippen LogP contribution in [-0.2, 0) is 6.54 Å². The quantitative estimate of drug-likeness (QED) is 0.677. The molecular formula is C20H18ClN3O2. The zero-order valence-electron chi connectivity index (χ0n) is 14.2. The fourth-order valence-corrected chi connectivity index (χ4v) is 2.54. The lowest BCUT2D eigenvalue weighted by Crippen LogP contribution is -2.23. The number of pyridine rings is 1. The van der Waals surface area contributed by atoms with Crippen LogP contribution in [0.4, 0.5) is 11.5 Å². The molecule has 0 aliphatic carbocycles. The minimum absolute atomic E-state index is 0.193. The number of rotatable bonds is 6. The maximum Gasteiger partial charge on any atom is 0.253 e. The Morgan fingerprint density at radius 2 is 1.85 bits per heavy atom. The van der Waals surface area contributed by atoms with Crippen molar-refractivity contribution in [2.75, 3.05) is 12.4 Å². The molecular weight excluding hydrogens is 350 g/mol. The van der Waals surface area contributed by atoms with Crippen molar-refractivity contribution in [2.45, 2.75) is 6.54 Å². The van der Waals surface area contributed by atoms with E-state index in [1.54, 1.807) is 31.4 Å². The van der Waals surface area contributed by atoms with E-state index >= 15 is 0 Å². The molecule has 0 unspecified atom stereocenters. The zero-order chi connectivity index (χ0) is 18.4. The molecule has 0 saturated carbocycles. The SMILES string of the molecule is COc1ccccc1CNC(=O)c1ccc(Nc2ccc(Cl)cc2)nc1. The topological polar surface area (TPSA) is 63.2 Å². The minimum Gasteiger partial charge on any atom is -0.496 e. The van der Waals surface area contributed by atoms with E-state index in [9.17, 15) is 4.79 Å². The first-order chi connectivity index (χ1) is 12.7. The number of methoxy groups -OCH3 is 1. The van der Waals surface area contributed by atoms with Crippen molar-refractivity contribution >= 4 is 29.0 Å². The molecule has 0 saturated heterocycles. The first kappa shape index (κ1) is 17.8. The van der Waals surface area contributed by atoms with Crippen LogP contribution >= 0.6 is 11.6 Å². The van der Waals surface area contributed by atoms with Crippen molar-refractivity contribution in [1.29, 1.82) is 0 Å². The van der Waals surface area contributed by atoms with Gasteiger partial charge in [-0.2, -0.15) is 0 Å². The summed E-state index contributed by atoms with van der Waals surface area (Å²) in [5.41, 5.74) is 2.27. The van der Waals surface area contributed by atoms with Gasteiger partial charge >= 0.3 is 0 Å². The van der Waals surface area contributed by atoms with E-state index in [-0.39, 0.29) is 5.91 Å². The molecule has 0 bridgehead atoms. The van der Waals surface area contributed by atoms with E-state index in [1.807, 2.05) is 36.4 Å². The Morgan fingerprint density at radius 1 is 1.08 bits per heavy atom. The van der Waals surface area contributed by atoms with Crippen molar-refractivity contribution in [3.63, 3.8) is 0 Å². The number of hydrogen-bond acceptors (Lipinski definition) is 4. The summed E-state index contributed by atoms with van der Waals surface area (Å²) in [4.78, 5) is 16.6. The Bertz CT molecular complexity index is 880. The van der Waals surface area contributed by atoms with Crippen LogP contribution in [-0.4, -0.2) is 18.0 Å². The van der Waals surface area contributed by atoms with Gasteiger partial charge in [0.15, 0.2) is 0 Å². The maximum atomic E-state index is 12.3. The van der Waals surface area contributed by atoms with E-state index in [0.717, 1.165) is 17.0 Å². The van der Waals surface area contributed by atoms with Crippen molar-refractivity contribution in [3.8, 4) is 5.75 Å². The number of ether oxygens (including phenoxy) is 1. The van der Waals surface area contributed by atoms with E-state index in [4.69, 9.17) is 16.3 Å². The minimum atomic E-state index is -0.193. The second kappa shape index (κ2) is 8.36. The molecule has 26 heavy (non-hydrogen) atoms. The van der Waals surface area contributed by atoms with Gasteiger partial charge in [0, 0.05) is 29.0 Å². The second-order valence-electron chi connectivity index (χ2n) is 5.56. The number of amides is 1. The van der Waals surface area contributed by atoms with E-state index in [0.29, 0.717) is 22.9 Å². The molecule has 2 aromatic carbocycles. The van der Waals surface area contributed by atoms with Gasteiger partial charge in [-0.25, -0.2) is 4.98 Å². The van der Waals surface area contributed by atoms with Gasteiger partial charge in [-0.05, 0) is 42.5 Å². The second-order valence-corrected chi connectivity index (χ2v) is 5.99. The standard InChI is InChI=1S/C20H18ClN3O2/c1-26-18-5-3-2-4-14(18)12-23-20(25)15-6-11-19(22-13-15)24-17-9-7-16(21)8-10-17/h2-11,13H,12H2,1H3,(H,22,24)(H,23,25). The van der Waals surface area contributed by atoms with E-state index < -0.39 is 0 Å². The van der Waals surface area contributed by atoms with Gasteiger partial charge in [0.05, 0.1) is 12.7 Å². The number of benzene rings is 2. The molecule has 132 valence electrons. The number of hydrogen-bond donors (Lipinski definition) is 2. The molecule has 0 spiro atoms. The fourth-order valence-electron chi connectivity index (χ4n) is 2.41. The molecule has 3 aromatic rings. The van der Waals surface area contributed by atoms with Crippen LogP contribution in [0.15, 0.2) is 66.9 Å². The summed E-state index contributed by atoms with van der Waals surface area (Å²) in [7, 11) is 1.61. The fraction of sp³-hybridized carbons (Fsp3) is 0.100. The van der Waals surface area contributed by atoms with Crippen LogP contribution in [0, 0.1) is 0 Å². The van der Waals surface area contributed by atoms with Gasteiger partial charge in [-0.3, -0.25) is 4.79 Å². The Kier molecular flexibility index (Phi) is 5.71. The molecule has 0 fully saturated rings. The molecule has 3 rings (SSSR count). The number of anilines is 2. The highest BCUT2D eigenvalue weighted by molar-refractivity contribution is 6.30. The number of carbonyl (C=O) groups is 1. The summed E-state index contributed by atoms with van der Waals surface area (Å²) in [6, 6.07) is 18.4. The molecule has 6 heteroatoms. The van der Waals surface area contributed by atoms with Crippen LogP contribution < -0.4 is 15.4 Å². The Hall–Kier alpha value is -3.05. The van der Waals surface area contributed by atoms with Gasteiger partial charge in [-0.15, -0.1) is 0 Å². The molecule has 1 heterocycles. The number of carbonyl (C=O) groups excluding carboxylic acids is 1. The molecule has 0 radical (unpaired) electrons. The van der Waals surface area contributed by atoms with Gasteiger partial charge in [0.25, 0.3) is 5.91 Å². The smallest absolute Gasteiger partial charge is 0.253 e. The van der Waals surface area contributed by atoms with Gasteiger partial charge < -0.3 is 15.4 Å². The average molecular weight is 368 g/mol. The number of halogens is 1. The monoisotopic (exact) mass is 367 g/mol. The van der Waals surface area contributed by atoms with E-state index in [2.05, 4.69) is 15.6 Å². The Labute approximate surface area is 157 Å². The summed E-state index contributed by atoms with van der Waals surface area (Å²) in [6.45, 7) is 0.383. The lowest BCUT2D eigenvalue weighted by atomic mass is 10.2. The summed E-state index contributed by atoms with van der Waals surface area (Å²) < 4.78 is 5.28. The predicted molar refractivity (Wildman–Crippen MR) is 103 cm³/mol. The molecule has 1 aromatic heterocycles. The molecule has 0 aliphatic rings. The van der Waals surface area contributed by atoms with Crippen LogP contribution in [0.3, 0.4) is 0 Å². The van der Waals surface area contributed by atoms with Crippen LogP contribution in [0.5, 0.6) is 5.75 Å². The van der Waals surface area contributed by atoms with Crippen molar-refractivity contribution < 1.29 is 9.53 Å². The number of aromatic nitrogens is 1. The normalized spacial score (nSPS) is 10.2. The summed E-state index contributed by atoms with van der Waals surface area (Å²) >= 11 is 5.87. The molecule has 5 nitrogen and oxygen atoms in total. The van der Waals surface area contributed by atoms with Crippen LogP contribution in [0.2, 0.25) is 5.02 Å². The lowest BCUT2D eigenvalue weighted by molar-refractivity contribution is 0.0950. The van der Waals surface area contributed by atoms with Gasteiger partial charge in [-0.1, -0.05) is 29.8 Å². The van der Waals surface area contributed by atoms with Gasteiger partial charge in [0.2, 0.25) is 0 Å². The third-order valence-electron chi connectivity index (χ3n) is 3.77. The number of nitrogens with one attached hydrogen (secondary N) is 2. The molecule has 1 amide bonds. The Morgan fingerprint density at radius 3 is 2.54 bits per heavy atom. The summed E-state index contributed by atoms with van der Waals surface area (Å²) in [5.74, 6) is 1.20. The van der Waals surface area contributed by atoms with Crippen molar-refractivity contribution in [1.82, 2.24) is 10.3 Å². The highest BCUT2D eigenvalue weighted by Gasteiger charge is 2.08. The highest BCUT2D eigenvalue weighted by Crippen LogP contribution is 2.18. The largest absolute Gasteiger partial charge is 0.496 e. The number of nitrogens with zero attached hydrogens (tertiary/aromatic N) is 1. The highest BCUT2D eigenvalue weighted by atomic mass is 35.5. The summed E-state index contributed by atoms with van der Waals surface area (Å²) in [6.07, 6.45) is 1.54. The average Bonchev–Trinajstić information content (AvgIpc) is 2.68. The van der Waals surface area contributed by atoms with Crippen molar-refractivity contribution in [3.05, 3.63) is 83.0 Å². The molecule has 2 N–H and O–H groups in total. The Balaban J connectivity index is 1.60. The third-order valence-corrected chi connectivity index (χ3v) is 4.03. The molecule has 0 aliphatic heterocycles. The van der Waals surface area contributed by atoms with Crippen LogP contribution in [0.25, 0.3) is 0 Å². The molecule has 0 atom stereocenters. The first-order valence-electron chi connectivity index (χ1n) is 8.04. The van der Waals surface area contributed by atoms with Crippen molar-refractivity contribution in [2.24, 2.45) is 0 Å².